The molecule has 1 aliphatic heterocycles. The Kier molecular flexibility index (Phi) is 6.27. The zero-order chi connectivity index (χ0) is 14.5. The van der Waals surface area contributed by atoms with Crippen molar-refractivity contribution in [3.63, 3.8) is 0 Å². The Hall–Kier alpha value is -0.610. The maximum Gasteiger partial charge on any atom is 0.320 e. The number of aliphatic carboxylic acids is 1. The van der Waals surface area contributed by atoms with Gasteiger partial charge in [-0.15, -0.1) is 0 Å². The van der Waals surface area contributed by atoms with Crippen molar-refractivity contribution in [3.05, 3.63) is 0 Å². The van der Waals surface area contributed by atoms with Crippen LogP contribution in [0.15, 0.2) is 0 Å². The molecule has 112 valence electrons. The quantitative estimate of drug-likeness (QED) is 0.777. The smallest absolute Gasteiger partial charge is 0.320 e. The van der Waals surface area contributed by atoms with Gasteiger partial charge in [-0.1, -0.05) is 27.7 Å². The van der Waals surface area contributed by atoms with E-state index < -0.39 is 12.0 Å². The van der Waals surface area contributed by atoms with Crippen LogP contribution in [0, 0.1) is 11.3 Å². The molecule has 1 unspecified atom stereocenters. The number of carboxylic acids is 1. The van der Waals surface area contributed by atoms with Gasteiger partial charge < -0.3 is 15.3 Å². The van der Waals surface area contributed by atoms with E-state index in [0.29, 0.717) is 18.4 Å². The number of likely N-dealkylation sites (N-methyl/N-ethyl adjacent to an activating group) is 1. The van der Waals surface area contributed by atoms with Crippen LogP contribution in [0.3, 0.4) is 0 Å². The first kappa shape index (κ1) is 16.4. The zero-order valence-corrected chi connectivity index (χ0v) is 12.9. The standard InChI is InChI=1S/C15H30N2O2/c1-5-16-13(14(18)19)8-11-17-9-6-12(7-10-17)15(2,3)4/h12-13,16H,5-11H2,1-4H3,(H,18,19). The molecular weight excluding hydrogens is 240 g/mol. The minimum atomic E-state index is -0.730. The summed E-state index contributed by atoms with van der Waals surface area (Å²) in [5.74, 6) is 0.0687. The van der Waals surface area contributed by atoms with Gasteiger partial charge in [0, 0.05) is 6.54 Å². The Morgan fingerprint density at radius 2 is 1.95 bits per heavy atom. The van der Waals surface area contributed by atoms with Crippen molar-refractivity contribution in [1.82, 2.24) is 10.2 Å². The Balaban J connectivity index is 2.31. The number of hydrogen-bond donors (Lipinski definition) is 2. The lowest BCUT2D eigenvalue weighted by Crippen LogP contribution is -2.43. The molecule has 0 radical (unpaired) electrons. The first-order valence-corrected chi connectivity index (χ1v) is 7.53. The molecule has 1 aliphatic rings. The van der Waals surface area contributed by atoms with Crippen LogP contribution < -0.4 is 5.32 Å². The van der Waals surface area contributed by atoms with Crippen molar-refractivity contribution in [2.75, 3.05) is 26.2 Å². The lowest BCUT2D eigenvalue weighted by Gasteiger charge is -2.39. The van der Waals surface area contributed by atoms with Crippen molar-refractivity contribution in [2.24, 2.45) is 11.3 Å². The van der Waals surface area contributed by atoms with Gasteiger partial charge in [0.2, 0.25) is 0 Å². The summed E-state index contributed by atoms with van der Waals surface area (Å²) in [6.07, 6.45) is 3.17. The average molecular weight is 270 g/mol. The second kappa shape index (κ2) is 7.25. The van der Waals surface area contributed by atoms with Crippen LogP contribution in [0.2, 0.25) is 0 Å². The summed E-state index contributed by atoms with van der Waals surface area (Å²) in [5, 5.41) is 12.1. The normalized spacial score (nSPS) is 20.4. The number of likely N-dealkylation sites (tertiary alicyclic amines) is 1. The summed E-state index contributed by atoms with van der Waals surface area (Å²) >= 11 is 0. The highest BCUT2D eigenvalue weighted by Gasteiger charge is 2.29. The Morgan fingerprint density at radius 1 is 1.37 bits per heavy atom. The first-order chi connectivity index (χ1) is 8.84. The molecule has 2 N–H and O–H groups in total. The number of rotatable bonds is 6. The second-order valence-corrected chi connectivity index (χ2v) is 6.72. The largest absolute Gasteiger partial charge is 0.480 e. The highest BCUT2D eigenvalue weighted by atomic mass is 16.4. The van der Waals surface area contributed by atoms with E-state index in [-0.39, 0.29) is 0 Å². The summed E-state index contributed by atoms with van der Waals surface area (Å²) in [6, 6.07) is -0.398. The third kappa shape index (κ3) is 5.49. The number of hydrogen-bond acceptors (Lipinski definition) is 3. The molecule has 0 aromatic heterocycles. The Morgan fingerprint density at radius 3 is 2.37 bits per heavy atom. The van der Waals surface area contributed by atoms with E-state index in [9.17, 15) is 4.79 Å². The summed E-state index contributed by atoms with van der Waals surface area (Å²) in [7, 11) is 0. The van der Waals surface area contributed by atoms with Crippen LogP contribution in [-0.4, -0.2) is 48.2 Å². The van der Waals surface area contributed by atoms with E-state index in [2.05, 4.69) is 31.0 Å². The fourth-order valence-corrected chi connectivity index (χ4v) is 2.89. The van der Waals surface area contributed by atoms with Gasteiger partial charge in [-0.05, 0) is 50.2 Å². The third-order valence-corrected chi connectivity index (χ3v) is 4.29. The lowest BCUT2D eigenvalue weighted by molar-refractivity contribution is -0.139. The van der Waals surface area contributed by atoms with Gasteiger partial charge in [0.15, 0.2) is 0 Å². The van der Waals surface area contributed by atoms with Gasteiger partial charge in [-0.2, -0.15) is 0 Å². The molecule has 0 saturated carbocycles. The molecule has 0 aromatic rings. The first-order valence-electron chi connectivity index (χ1n) is 7.53. The highest BCUT2D eigenvalue weighted by molar-refractivity contribution is 5.73. The molecule has 4 nitrogen and oxygen atoms in total. The summed E-state index contributed by atoms with van der Waals surface area (Å²) in [4.78, 5) is 13.5. The van der Waals surface area contributed by atoms with Gasteiger partial charge in [-0.3, -0.25) is 4.79 Å². The second-order valence-electron chi connectivity index (χ2n) is 6.72. The van der Waals surface area contributed by atoms with E-state index >= 15 is 0 Å². The van der Waals surface area contributed by atoms with Crippen molar-refractivity contribution in [1.29, 1.82) is 0 Å². The van der Waals surface area contributed by atoms with Crippen molar-refractivity contribution >= 4 is 5.97 Å². The molecule has 0 bridgehead atoms. The van der Waals surface area contributed by atoms with Crippen molar-refractivity contribution in [2.45, 2.75) is 53.0 Å². The molecule has 19 heavy (non-hydrogen) atoms. The van der Waals surface area contributed by atoms with Crippen LogP contribution in [0.25, 0.3) is 0 Å². The number of piperidine rings is 1. The maximum absolute atomic E-state index is 11.1. The van der Waals surface area contributed by atoms with Crippen LogP contribution >= 0.6 is 0 Å². The maximum atomic E-state index is 11.1. The fourth-order valence-electron chi connectivity index (χ4n) is 2.89. The Labute approximate surface area is 117 Å². The minimum Gasteiger partial charge on any atom is -0.480 e. The van der Waals surface area contributed by atoms with Gasteiger partial charge in [0.05, 0.1) is 0 Å². The van der Waals surface area contributed by atoms with Crippen LogP contribution in [0.1, 0.15) is 47.0 Å². The lowest BCUT2D eigenvalue weighted by atomic mass is 9.75. The molecule has 1 fully saturated rings. The van der Waals surface area contributed by atoms with Crippen molar-refractivity contribution in [3.8, 4) is 0 Å². The molecule has 1 atom stereocenters. The topological polar surface area (TPSA) is 52.6 Å². The SMILES string of the molecule is CCNC(CCN1CCC(C(C)(C)C)CC1)C(=O)O. The molecule has 1 heterocycles. The summed E-state index contributed by atoms with van der Waals surface area (Å²) in [5.41, 5.74) is 0.402. The van der Waals surface area contributed by atoms with Crippen molar-refractivity contribution < 1.29 is 9.90 Å². The molecule has 1 rings (SSSR count). The Bertz CT molecular complexity index is 278. The third-order valence-electron chi connectivity index (χ3n) is 4.29. The number of nitrogens with one attached hydrogen (secondary N) is 1. The molecule has 0 spiro atoms. The summed E-state index contributed by atoms with van der Waals surface area (Å²) in [6.45, 7) is 12.7. The predicted octanol–water partition coefficient (Wildman–Crippen LogP) is 2.20. The van der Waals surface area contributed by atoms with Crippen LogP contribution in [0.4, 0.5) is 0 Å². The van der Waals surface area contributed by atoms with E-state index in [1.54, 1.807) is 0 Å². The molecule has 4 heteroatoms. The van der Waals surface area contributed by atoms with E-state index in [1.165, 1.54) is 12.8 Å². The van der Waals surface area contributed by atoms with Gasteiger partial charge in [-0.25, -0.2) is 0 Å². The van der Waals surface area contributed by atoms with Gasteiger partial charge in [0.1, 0.15) is 6.04 Å². The van der Waals surface area contributed by atoms with Crippen LogP contribution in [0.5, 0.6) is 0 Å². The fraction of sp³-hybridized carbons (Fsp3) is 0.933. The molecule has 0 aromatic carbocycles. The van der Waals surface area contributed by atoms with Gasteiger partial charge >= 0.3 is 5.97 Å². The molecule has 0 aliphatic carbocycles. The van der Waals surface area contributed by atoms with E-state index in [0.717, 1.165) is 25.6 Å². The minimum absolute atomic E-state index is 0.398. The highest BCUT2D eigenvalue weighted by Crippen LogP contribution is 2.34. The van der Waals surface area contributed by atoms with E-state index in [4.69, 9.17) is 5.11 Å². The number of carboxylic acid groups (broad SMARTS) is 1. The predicted molar refractivity (Wildman–Crippen MR) is 78.3 cm³/mol. The average Bonchev–Trinajstić information content (AvgIpc) is 2.33. The zero-order valence-electron chi connectivity index (χ0n) is 12.9. The number of nitrogens with zero attached hydrogens (tertiary/aromatic N) is 1. The number of carbonyl (C=O) groups is 1. The van der Waals surface area contributed by atoms with Gasteiger partial charge in [0.25, 0.3) is 0 Å². The monoisotopic (exact) mass is 270 g/mol. The van der Waals surface area contributed by atoms with E-state index in [1.807, 2.05) is 6.92 Å². The summed E-state index contributed by atoms with van der Waals surface area (Å²) < 4.78 is 0. The molecule has 0 amide bonds. The molecular formula is C15H30N2O2. The molecule has 1 saturated heterocycles. The van der Waals surface area contributed by atoms with Crippen LogP contribution in [-0.2, 0) is 4.79 Å².